The maximum atomic E-state index is 11.6. The third-order valence-electron chi connectivity index (χ3n) is 2.47. The molecule has 0 spiro atoms. The number of nitro groups is 1. The van der Waals surface area contributed by atoms with Crippen molar-refractivity contribution in [2.24, 2.45) is 0 Å². The van der Waals surface area contributed by atoms with E-state index in [4.69, 9.17) is 4.74 Å². The van der Waals surface area contributed by atoms with Crippen molar-refractivity contribution in [2.45, 2.75) is 6.54 Å². The molecule has 0 bridgehead atoms. The first-order valence-electron chi connectivity index (χ1n) is 5.77. The number of hydrogen-bond donors (Lipinski definition) is 2. The third-order valence-corrected chi connectivity index (χ3v) is 2.47. The Labute approximate surface area is 113 Å². The molecule has 1 heterocycles. The summed E-state index contributed by atoms with van der Waals surface area (Å²) >= 11 is 0. The van der Waals surface area contributed by atoms with Crippen molar-refractivity contribution < 1.29 is 14.5 Å². The van der Waals surface area contributed by atoms with Crippen LogP contribution in [0, 0.1) is 10.1 Å². The zero-order valence-corrected chi connectivity index (χ0v) is 10.4. The Morgan fingerprint density at radius 3 is 2.95 bits per heavy atom. The van der Waals surface area contributed by atoms with Gasteiger partial charge in [0.05, 0.1) is 11.1 Å². The molecule has 20 heavy (non-hydrogen) atoms. The Bertz CT molecular complexity index is 597. The van der Waals surface area contributed by atoms with Gasteiger partial charge >= 0.3 is 5.69 Å². The lowest BCUT2D eigenvalue weighted by Gasteiger charge is -2.06. The first-order chi connectivity index (χ1) is 9.66. The summed E-state index contributed by atoms with van der Waals surface area (Å²) in [7, 11) is 0. The zero-order valence-electron chi connectivity index (χ0n) is 10.4. The fourth-order valence-electron chi connectivity index (χ4n) is 1.50. The number of benzene rings is 1. The van der Waals surface area contributed by atoms with E-state index in [0.29, 0.717) is 6.54 Å². The number of para-hydroxylation sites is 2. The topological polar surface area (TPSA) is 110 Å². The molecule has 0 atom stereocenters. The number of carbonyl (C=O) groups excluding carboxylic acids is 1. The molecule has 2 N–H and O–H groups in total. The number of H-pyrrole nitrogens is 1. The molecule has 0 fully saturated rings. The molecule has 0 aliphatic heterocycles. The molecule has 1 aromatic heterocycles. The molecule has 0 radical (unpaired) electrons. The summed E-state index contributed by atoms with van der Waals surface area (Å²) in [6, 6.07) is 5.90. The van der Waals surface area contributed by atoms with Crippen LogP contribution in [0.5, 0.6) is 5.75 Å². The number of nitro benzene ring substituents is 1. The van der Waals surface area contributed by atoms with Crippen LogP contribution in [-0.4, -0.2) is 27.6 Å². The van der Waals surface area contributed by atoms with E-state index in [2.05, 4.69) is 15.5 Å². The lowest BCUT2D eigenvalue weighted by atomic mass is 10.3. The van der Waals surface area contributed by atoms with E-state index < -0.39 is 4.92 Å². The van der Waals surface area contributed by atoms with Crippen molar-refractivity contribution in [2.75, 3.05) is 6.61 Å². The predicted molar refractivity (Wildman–Crippen MR) is 69.0 cm³/mol. The molecule has 1 amide bonds. The Morgan fingerprint density at radius 1 is 1.45 bits per heavy atom. The van der Waals surface area contributed by atoms with Gasteiger partial charge in [-0.1, -0.05) is 12.1 Å². The van der Waals surface area contributed by atoms with Gasteiger partial charge in [-0.2, -0.15) is 5.10 Å². The lowest BCUT2D eigenvalue weighted by Crippen LogP contribution is -2.28. The van der Waals surface area contributed by atoms with Gasteiger partial charge in [0.1, 0.15) is 0 Å². The Balaban J connectivity index is 1.85. The van der Waals surface area contributed by atoms with Gasteiger partial charge in [-0.15, -0.1) is 0 Å². The molecule has 8 nitrogen and oxygen atoms in total. The van der Waals surface area contributed by atoms with Crippen LogP contribution in [0.4, 0.5) is 5.69 Å². The molecule has 0 aliphatic carbocycles. The minimum absolute atomic E-state index is 0.0657. The minimum atomic E-state index is -0.557. The monoisotopic (exact) mass is 276 g/mol. The molecule has 104 valence electrons. The number of hydrogen-bond acceptors (Lipinski definition) is 5. The molecule has 0 unspecified atom stereocenters. The fraction of sp³-hybridized carbons (Fsp3) is 0.167. The van der Waals surface area contributed by atoms with Crippen molar-refractivity contribution in [3.05, 3.63) is 52.3 Å². The summed E-state index contributed by atoms with van der Waals surface area (Å²) in [5, 5.41) is 19.7. The Kier molecular flexibility index (Phi) is 4.28. The van der Waals surface area contributed by atoms with Crippen molar-refractivity contribution in [3.8, 4) is 5.75 Å². The highest BCUT2D eigenvalue weighted by Gasteiger charge is 2.14. The van der Waals surface area contributed by atoms with Gasteiger partial charge < -0.3 is 10.1 Å². The van der Waals surface area contributed by atoms with Gasteiger partial charge in [0, 0.05) is 24.4 Å². The highest BCUT2D eigenvalue weighted by atomic mass is 16.6. The largest absolute Gasteiger partial charge is 0.477 e. The van der Waals surface area contributed by atoms with Gasteiger partial charge in [0.25, 0.3) is 5.91 Å². The maximum absolute atomic E-state index is 11.6. The molecule has 0 saturated heterocycles. The summed E-state index contributed by atoms with van der Waals surface area (Å²) in [6.07, 6.45) is 3.24. The van der Waals surface area contributed by atoms with Crippen LogP contribution >= 0.6 is 0 Å². The number of ether oxygens (including phenoxy) is 1. The standard InChI is InChI=1S/C12H12N4O4/c17-12(13-5-9-6-14-15-7-9)8-20-11-4-2-1-3-10(11)16(18)19/h1-4,6-7H,5,8H2,(H,13,17)(H,14,15). The highest BCUT2D eigenvalue weighted by Crippen LogP contribution is 2.25. The van der Waals surface area contributed by atoms with Gasteiger partial charge in [-0.25, -0.2) is 0 Å². The fourth-order valence-corrected chi connectivity index (χ4v) is 1.50. The predicted octanol–water partition coefficient (Wildman–Crippen LogP) is 1.01. The number of rotatable bonds is 6. The van der Waals surface area contributed by atoms with E-state index in [9.17, 15) is 14.9 Å². The van der Waals surface area contributed by atoms with Gasteiger partial charge in [-0.3, -0.25) is 20.0 Å². The first kappa shape index (κ1) is 13.5. The number of aromatic amines is 1. The van der Waals surface area contributed by atoms with Crippen LogP contribution in [-0.2, 0) is 11.3 Å². The van der Waals surface area contributed by atoms with E-state index >= 15 is 0 Å². The number of nitrogens with one attached hydrogen (secondary N) is 2. The second-order valence-electron chi connectivity index (χ2n) is 3.90. The van der Waals surface area contributed by atoms with E-state index in [0.717, 1.165) is 5.56 Å². The average Bonchev–Trinajstić information content (AvgIpc) is 2.96. The van der Waals surface area contributed by atoms with Crippen molar-refractivity contribution in [1.29, 1.82) is 0 Å². The molecular formula is C12H12N4O4. The molecule has 8 heteroatoms. The summed E-state index contributed by atoms with van der Waals surface area (Å²) in [6.45, 7) is 0.0261. The van der Waals surface area contributed by atoms with Crippen molar-refractivity contribution in [1.82, 2.24) is 15.5 Å². The SMILES string of the molecule is O=C(COc1ccccc1[N+](=O)[O-])NCc1cn[nH]c1. The molecule has 2 rings (SSSR count). The van der Waals surface area contributed by atoms with Crippen LogP contribution in [0.25, 0.3) is 0 Å². The summed E-state index contributed by atoms with van der Waals surface area (Å²) in [5.41, 5.74) is 0.652. The second-order valence-corrected chi connectivity index (χ2v) is 3.90. The normalized spacial score (nSPS) is 10.0. The Hall–Kier alpha value is -2.90. The summed E-state index contributed by atoms with van der Waals surface area (Å²) in [5.74, 6) is -0.305. The molecule has 0 saturated carbocycles. The highest BCUT2D eigenvalue weighted by molar-refractivity contribution is 5.77. The van der Waals surface area contributed by atoms with E-state index in [1.807, 2.05) is 0 Å². The average molecular weight is 276 g/mol. The molecule has 0 aliphatic rings. The number of amides is 1. The number of aromatic nitrogens is 2. The van der Waals surface area contributed by atoms with Crippen LogP contribution < -0.4 is 10.1 Å². The number of nitrogens with zero attached hydrogens (tertiary/aromatic N) is 2. The van der Waals surface area contributed by atoms with Crippen LogP contribution in [0.2, 0.25) is 0 Å². The van der Waals surface area contributed by atoms with Crippen LogP contribution in [0.3, 0.4) is 0 Å². The molecule has 1 aromatic carbocycles. The second kappa shape index (κ2) is 6.32. The first-order valence-corrected chi connectivity index (χ1v) is 5.77. The zero-order chi connectivity index (χ0) is 14.4. The third kappa shape index (κ3) is 3.55. The van der Waals surface area contributed by atoms with E-state index in [-0.39, 0.29) is 24.0 Å². The molecule has 2 aromatic rings. The van der Waals surface area contributed by atoms with Gasteiger partial charge in [0.2, 0.25) is 0 Å². The summed E-state index contributed by atoms with van der Waals surface area (Å²) < 4.78 is 5.15. The van der Waals surface area contributed by atoms with Crippen LogP contribution in [0.1, 0.15) is 5.56 Å². The quantitative estimate of drug-likeness (QED) is 0.604. The Morgan fingerprint density at radius 2 is 2.25 bits per heavy atom. The molecular weight excluding hydrogens is 264 g/mol. The van der Waals surface area contributed by atoms with Gasteiger partial charge in [0.15, 0.2) is 12.4 Å². The maximum Gasteiger partial charge on any atom is 0.310 e. The van der Waals surface area contributed by atoms with Crippen molar-refractivity contribution >= 4 is 11.6 Å². The van der Waals surface area contributed by atoms with Crippen LogP contribution in [0.15, 0.2) is 36.7 Å². The van der Waals surface area contributed by atoms with E-state index in [1.165, 1.54) is 18.2 Å². The number of carbonyl (C=O) groups is 1. The minimum Gasteiger partial charge on any atom is -0.477 e. The van der Waals surface area contributed by atoms with Crippen molar-refractivity contribution in [3.63, 3.8) is 0 Å². The summed E-state index contributed by atoms with van der Waals surface area (Å²) in [4.78, 5) is 21.8. The van der Waals surface area contributed by atoms with Gasteiger partial charge in [-0.05, 0) is 6.07 Å². The lowest BCUT2D eigenvalue weighted by molar-refractivity contribution is -0.385. The smallest absolute Gasteiger partial charge is 0.310 e. The van der Waals surface area contributed by atoms with E-state index in [1.54, 1.807) is 18.5 Å².